The van der Waals surface area contributed by atoms with Crippen LogP contribution in [0.3, 0.4) is 0 Å². The van der Waals surface area contributed by atoms with Crippen molar-refractivity contribution in [2.24, 2.45) is 0 Å². The fourth-order valence-corrected chi connectivity index (χ4v) is 4.35. The summed E-state index contributed by atoms with van der Waals surface area (Å²) in [4.78, 5) is 11.2. The van der Waals surface area contributed by atoms with Gasteiger partial charge in [-0.25, -0.2) is 0 Å². The van der Waals surface area contributed by atoms with E-state index in [0.29, 0.717) is 19.3 Å². The predicted molar refractivity (Wildman–Crippen MR) is 59.2 cm³/mol. The second-order valence-electron chi connectivity index (χ2n) is 2.83. The van der Waals surface area contributed by atoms with Crippen molar-refractivity contribution in [3.8, 4) is 0 Å². The van der Waals surface area contributed by atoms with Gasteiger partial charge in [0.25, 0.3) is 0 Å². The molecule has 3 nitrogen and oxygen atoms in total. The maximum Gasteiger partial charge on any atom is 0.503 e. The van der Waals surface area contributed by atoms with E-state index < -0.39 is 8.80 Å². The van der Waals surface area contributed by atoms with Crippen LogP contribution in [-0.4, -0.2) is 26.8 Å². The molecule has 1 aromatic heterocycles. The molecule has 1 N–H and O–H groups in total. The smallest absolute Gasteiger partial charge is 0.389 e. The molecular formula is C9H16O3SSi. The van der Waals surface area contributed by atoms with Gasteiger partial charge in [-0.2, -0.15) is 0 Å². The molecular weight excluding hydrogens is 216 g/mol. The van der Waals surface area contributed by atoms with Gasteiger partial charge in [-0.05, 0) is 25.3 Å². The molecule has 0 aliphatic heterocycles. The summed E-state index contributed by atoms with van der Waals surface area (Å²) in [5, 5.41) is 1.99. The lowest BCUT2D eigenvalue weighted by Gasteiger charge is -2.22. The molecule has 0 saturated heterocycles. The fourth-order valence-electron chi connectivity index (χ4n) is 1.23. The van der Waals surface area contributed by atoms with Crippen molar-refractivity contribution in [2.75, 3.05) is 13.2 Å². The molecule has 1 heterocycles. The minimum atomic E-state index is -2.94. The Morgan fingerprint density at radius 1 is 1.36 bits per heavy atom. The zero-order valence-electron chi connectivity index (χ0n) is 8.53. The Kier molecular flexibility index (Phi) is 4.77. The van der Waals surface area contributed by atoms with E-state index in [0.717, 1.165) is 4.88 Å². The van der Waals surface area contributed by atoms with Gasteiger partial charge in [-0.3, -0.25) is 0 Å². The Hall–Kier alpha value is -0.203. The standard InChI is InChI=1S/C9H16O3SSi/c1-3-11-14(10,12-4-2)8-9-6-5-7-13-9/h5-7,10H,3-4,8H2,1-2H3. The van der Waals surface area contributed by atoms with Crippen LogP contribution < -0.4 is 0 Å². The molecule has 5 heteroatoms. The van der Waals surface area contributed by atoms with Crippen LogP contribution in [0.25, 0.3) is 0 Å². The Labute approximate surface area is 89.7 Å². The van der Waals surface area contributed by atoms with Gasteiger partial charge in [0.15, 0.2) is 0 Å². The first-order chi connectivity index (χ1) is 6.70. The molecule has 0 unspecified atom stereocenters. The van der Waals surface area contributed by atoms with E-state index in [1.54, 1.807) is 11.3 Å². The van der Waals surface area contributed by atoms with Gasteiger partial charge in [-0.15, -0.1) is 11.3 Å². The summed E-state index contributed by atoms with van der Waals surface area (Å²) >= 11 is 1.62. The van der Waals surface area contributed by atoms with Crippen molar-refractivity contribution in [3.05, 3.63) is 22.4 Å². The van der Waals surface area contributed by atoms with E-state index >= 15 is 0 Å². The molecule has 0 amide bonds. The van der Waals surface area contributed by atoms with Gasteiger partial charge in [0, 0.05) is 18.1 Å². The quantitative estimate of drug-likeness (QED) is 0.761. The summed E-state index contributed by atoms with van der Waals surface area (Å²) in [6, 6.07) is 4.47. The Balaban J connectivity index is 2.58. The van der Waals surface area contributed by atoms with Crippen molar-refractivity contribution in [1.29, 1.82) is 0 Å². The molecule has 0 saturated carbocycles. The van der Waals surface area contributed by atoms with Crippen molar-refractivity contribution in [3.63, 3.8) is 0 Å². The van der Waals surface area contributed by atoms with Gasteiger partial charge in [-0.1, -0.05) is 6.07 Å². The lowest BCUT2D eigenvalue weighted by atomic mass is 10.5. The Bertz CT molecular complexity index is 245. The highest BCUT2D eigenvalue weighted by Crippen LogP contribution is 2.16. The van der Waals surface area contributed by atoms with E-state index in [9.17, 15) is 4.80 Å². The molecule has 0 fully saturated rings. The van der Waals surface area contributed by atoms with Crippen molar-refractivity contribution < 1.29 is 13.6 Å². The second-order valence-corrected chi connectivity index (χ2v) is 6.22. The molecule has 0 aliphatic rings. The highest BCUT2D eigenvalue weighted by atomic mass is 32.1. The monoisotopic (exact) mass is 232 g/mol. The summed E-state index contributed by atoms with van der Waals surface area (Å²) in [6.45, 7) is 4.72. The highest BCUT2D eigenvalue weighted by molar-refractivity contribution is 7.10. The minimum Gasteiger partial charge on any atom is -0.389 e. The average molecular weight is 232 g/mol. The van der Waals surface area contributed by atoms with Crippen molar-refractivity contribution >= 4 is 20.1 Å². The third kappa shape index (κ3) is 3.51. The van der Waals surface area contributed by atoms with Crippen molar-refractivity contribution in [2.45, 2.75) is 19.9 Å². The van der Waals surface area contributed by atoms with E-state index in [1.807, 2.05) is 31.4 Å². The first-order valence-corrected chi connectivity index (χ1v) is 7.58. The average Bonchev–Trinajstić information content (AvgIpc) is 2.57. The van der Waals surface area contributed by atoms with Crippen LogP contribution in [0.4, 0.5) is 0 Å². The van der Waals surface area contributed by atoms with Gasteiger partial charge >= 0.3 is 8.80 Å². The first-order valence-electron chi connectivity index (χ1n) is 4.73. The SMILES string of the molecule is CCO[Si](O)(Cc1cccs1)OCC. The molecule has 0 radical (unpaired) electrons. The number of rotatable bonds is 6. The Morgan fingerprint density at radius 2 is 2.00 bits per heavy atom. The summed E-state index contributed by atoms with van der Waals surface area (Å²) in [6.07, 6.45) is 0. The molecule has 0 spiro atoms. The van der Waals surface area contributed by atoms with Gasteiger partial charge < -0.3 is 13.6 Å². The molecule has 0 atom stereocenters. The lowest BCUT2D eigenvalue weighted by Crippen LogP contribution is -2.45. The van der Waals surface area contributed by atoms with Gasteiger partial charge in [0.05, 0.1) is 6.04 Å². The maximum absolute atomic E-state index is 10.1. The number of hydrogen-bond acceptors (Lipinski definition) is 4. The molecule has 0 aromatic carbocycles. The summed E-state index contributed by atoms with van der Waals surface area (Å²) in [5.41, 5.74) is 0. The molecule has 1 rings (SSSR count). The largest absolute Gasteiger partial charge is 0.503 e. The predicted octanol–water partition coefficient (Wildman–Crippen LogP) is 1.83. The number of thiophene rings is 1. The highest BCUT2D eigenvalue weighted by Gasteiger charge is 2.36. The van der Waals surface area contributed by atoms with Crippen LogP contribution in [0.5, 0.6) is 0 Å². The number of hydrogen-bond donors (Lipinski definition) is 1. The van der Waals surface area contributed by atoms with Crippen molar-refractivity contribution in [1.82, 2.24) is 0 Å². The summed E-state index contributed by atoms with van der Waals surface area (Å²) < 4.78 is 10.6. The summed E-state index contributed by atoms with van der Waals surface area (Å²) in [7, 11) is -2.94. The Morgan fingerprint density at radius 3 is 2.43 bits per heavy atom. The van der Waals surface area contributed by atoms with Gasteiger partial charge in [0.1, 0.15) is 0 Å². The molecule has 0 bridgehead atoms. The van der Waals surface area contributed by atoms with E-state index in [4.69, 9.17) is 8.85 Å². The zero-order valence-corrected chi connectivity index (χ0v) is 10.3. The van der Waals surface area contributed by atoms with E-state index in [2.05, 4.69) is 0 Å². The molecule has 14 heavy (non-hydrogen) atoms. The van der Waals surface area contributed by atoms with Crippen LogP contribution in [0.1, 0.15) is 18.7 Å². The fraction of sp³-hybridized carbons (Fsp3) is 0.556. The topological polar surface area (TPSA) is 38.7 Å². The van der Waals surface area contributed by atoms with Crippen LogP contribution >= 0.6 is 11.3 Å². The molecule has 1 aromatic rings. The molecule has 80 valence electrons. The lowest BCUT2D eigenvalue weighted by molar-refractivity contribution is 0.108. The van der Waals surface area contributed by atoms with Crippen LogP contribution in [0.15, 0.2) is 17.5 Å². The van der Waals surface area contributed by atoms with E-state index in [-0.39, 0.29) is 0 Å². The third-order valence-corrected chi connectivity index (χ3v) is 5.16. The van der Waals surface area contributed by atoms with Crippen LogP contribution in [-0.2, 0) is 14.9 Å². The van der Waals surface area contributed by atoms with Crippen LogP contribution in [0, 0.1) is 0 Å². The van der Waals surface area contributed by atoms with Crippen LogP contribution in [0.2, 0.25) is 0 Å². The third-order valence-electron chi connectivity index (χ3n) is 1.72. The second kappa shape index (κ2) is 5.62. The molecule has 0 aliphatic carbocycles. The normalized spacial score (nSPS) is 11.9. The first kappa shape index (κ1) is 11.9. The zero-order chi connectivity index (χ0) is 10.4. The maximum atomic E-state index is 10.1. The van der Waals surface area contributed by atoms with E-state index in [1.165, 1.54) is 0 Å². The summed E-state index contributed by atoms with van der Waals surface area (Å²) in [5.74, 6) is 0. The minimum absolute atomic E-state index is 0.494. The van der Waals surface area contributed by atoms with Gasteiger partial charge in [0.2, 0.25) is 0 Å².